The van der Waals surface area contributed by atoms with Crippen molar-refractivity contribution in [3.63, 3.8) is 0 Å². The van der Waals surface area contributed by atoms with Gasteiger partial charge in [0, 0.05) is 0 Å². The molecule has 8 aromatic rings. The zero-order valence-corrected chi connectivity index (χ0v) is 21.3. The van der Waals surface area contributed by atoms with Gasteiger partial charge in [0.1, 0.15) is 0 Å². The Balaban J connectivity index is 1.55. The molecule has 8 rings (SSSR count). The number of fused-ring (bicyclic) bond motifs is 4. The standard InChI is InChI=1S/C40H26/c1-2-13-28(14-3-1)39-35-16-6-8-18-37(35)40(38-19-9-7-17-36(38)39)34-23-11-21-32-31(20-10-22-33(32)34)30-25-24-27-12-4-5-15-29(27)26-30/h1-26H/i1D,2D,3D,6D,8D,13D,14D,16D,18D. The molecule has 0 aromatic heterocycles. The van der Waals surface area contributed by atoms with Crippen LogP contribution in [0.5, 0.6) is 0 Å². The summed E-state index contributed by atoms with van der Waals surface area (Å²) in [6, 6.07) is 29.8. The first-order chi connectivity index (χ1) is 23.6. The van der Waals surface area contributed by atoms with E-state index in [9.17, 15) is 2.74 Å². The molecule has 0 radical (unpaired) electrons. The van der Waals surface area contributed by atoms with E-state index in [0.29, 0.717) is 16.3 Å². The molecule has 0 saturated heterocycles. The zero-order chi connectivity index (χ0) is 34.3. The molecular formula is C40H26. The van der Waals surface area contributed by atoms with Crippen LogP contribution < -0.4 is 0 Å². The van der Waals surface area contributed by atoms with Gasteiger partial charge in [-0.2, -0.15) is 0 Å². The smallest absolute Gasteiger partial charge is 0.0622 e. The Labute approximate surface area is 246 Å². The fraction of sp³-hybridized carbons (Fsp3) is 0. The van der Waals surface area contributed by atoms with E-state index in [1.54, 1.807) is 12.1 Å². The van der Waals surface area contributed by atoms with E-state index in [1.165, 1.54) is 0 Å². The molecule has 0 aliphatic carbocycles. The Kier molecular flexibility index (Phi) is 3.55. The maximum Gasteiger partial charge on any atom is 0.0629 e. The number of benzene rings is 8. The first-order valence-corrected chi connectivity index (χ1v) is 13.1. The van der Waals surface area contributed by atoms with Gasteiger partial charge in [-0.3, -0.25) is 0 Å². The van der Waals surface area contributed by atoms with Gasteiger partial charge < -0.3 is 0 Å². The molecule has 186 valence electrons. The van der Waals surface area contributed by atoms with E-state index in [2.05, 4.69) is 36.4 Å². The van der Waals surface area contributed by atoms with Crippen molar-refractivity contribution in [3.8, 4) is 33.4 Å². The lowest BCUT2D eigenvalue weighted by Gasteiger charge is -2.19. The fourth-order valence-electron chi connectivity index (χ4n) is 5.93. The summed E-state index contributed by atoms with van der Waals surface area (Å²) in [5, 5.41) is 5.55. The average Bonchev–Trinajstić information content (AvgIpc) is 3.13. The molecule has 0 heterocycles. The van der Waals surface area contributed by atoms with E-state index in [1.807, 2.05) is 54.6 Å². The van der Waals surface area contributed by atoms with Gasteiger partial charge in [-0.15, -0.1) is 0 Å². The Hall–Kier alpha value is -5.20. The highest BCUT2D eigenvalue weighted by Gasteiger charge is 2.18. The maximum atomic E-state index is 9.25. The second-order valence-corrected chi connectivity index (χ2v) is 9.81. The van der Waals surface area contributed by atoms with E-state index < -0.39 is 42.3 Å². The van der Waals surface area contributed by atoms with Crippen LogP contribution >= 0.6 is 0 Å². The highest BCUT2D eigenvalue weighted by Crippen LogP contribution is 2.46. The predicted octanol–water partition coefficient (Wildman–Crippen LogP) is 11.3. The lowest BCUT2D eigenvalue weighted by Crippen LogP contribution is -1.92. The molecule has 0 aliphatic rings. The van der Waals surface area contributed by atoms with Crippen molar-refractivity contribution in [1.29, 1.82) is 0 Å². The van der Waals surface area contributed by atoms with Gasteiger partial charge in [0.05, 0.1) is 12.3 Å². The van der Waals surface area contributed by atoms with Crippen molar-refractivity contribution in [2.75, 3.05) is 0 Å². The largest absolute Gasteiger partial charge is 0.0629 e. The molecule has 0 unspecified atom stereocenters. The topological polar surface area (TPSA) is 0 Å². The fourth-order valence-corrected chi connectivity index (χ4v) is 5.93. The Morgan fingerprint density at radius 3 is 1.70 bits per heavy atom. The third kappa shape index (κ3) is 3.54. The highest BCUT2D eigenvalue weighted by molar-refractivity contribution is 6.24. The van der Waals surface area contributed by atoms with Crippen LogP contribution in [0.2, 0.25) is 0 Å². The maximum absolute atomic E-state index is 9.25. The van der Waals surface area contributed by atoms with E-state index in [-0.39, 0.29) is 34.0 Å². The third-order valence-corrected chi connectivity index (χ3v) is 7.66. The summed E-state index contributed by atoms with van der Waals surface area (Å²) >= 11 is 0. The van der Waals surface area contributed by atoms with Crippen molar-refractivity contribution >= 4 is 43.1 Å². The van der Waals surface area contributed by atoms with Gasteiger partial charge >= 0.3 is 0 Å². The summed E-state index contributed by atoms with van der Waals surface area (Å²) in [7, 11) is 0. The Morgan fingerprint density at radius 2 is 0.925 bits per heavy atom. The van der Waals surface area contributed by atoms with Gasteiger partial charge in [-0.25, -0.2) is 0 Å². The first kappa shape index (κ1) is 15.4. The SMILES string of the molecule is [2H]c1c([2H])c([2H])c(-c2c3ccccc3c(-c3cccc4c(-c5ccc6ccccc6c5)cccc34)c3c([2H])c([2H])c([2H])c([2H])c23)c([2H])c1[2H]. The van der Waals surface area contributed by atoms with Crippen molar-refractivity contribution in [3.05, 3.63) is 158 Å². The zero-order valence-electron chi connectivity index (χ0n) is 30.3. The molecule has 0 atom stereocenters. The molecule has 0 N–H and O–H groups in total. The normalized spacial score (nSPS) is 14.7. The van der Waals surface area contributed by atoms with Gasteiger partial charge in [-0.05, 0) is 82.5 Å². The Morgan fingerprint density at radius 1 is 0.350 bits per heavy atom. The van der Waals surface area contributed by atoms with E-state index in [4.69, 9.17) is 9.60 Å². The van der Waals surface area contributed by atoms with Crippen LogP contribution in [0.15, 0.2) is 158 Å². The van der Waals surface area contributed by atoms with E-state index in [0.717, 1.165) is 38.2 Å². The van der Waals surface area contributed by atoms with Crippen LogP contribution in [-0.2, 0) is 0 Å². The molecular weight excluding hydrogens is 480 g/mol. The first-order valence-electron chi connectivity index (χ1n) is 17.6. The van der Waals surface area contributed by atoms with Crippen molar-refractivity contribution < 1.29 is 12.3 Å². The summed E-state index contributed by atoms with van der Waals surface area (Å²) in [6.07, 6.45) is 0. The van der Waals surface area contributed by atoms with Crippen molar-refractivity contribution in [2.45, 2.75) is 0 Å². The summed E-state index contributed by atoms with van der Waals surface area (Å²) in [5.41, 5.74) is 3.44. The summed E-state index contributed by atoms with van der Waals surface area (Å²) < 4.78 is 78.5. The molecule has 0 heteroatoms. The molecule has 0 amide bonds. The van der Waals surface area contributed by atoms with Gasteiger partial charge in [0.25, 0.3) is 0 Å². The van der Waals surface area contributed by atoms with Crippen LogP contribution in [0.1, 0.15) is 12.3 Å². The monoisotopic (exact) mass is 515 g/mol. The van der Waals surface area contributed by atoms with Crippen LogP contribution in [-0.4, -0.2) is 0 Å². The lowest BCUT2D eigenvalue weighted by atomic mass is 9.84. The molecule has 8 aromatic carbocycles. The van der Waals surface area contributed by atoms with Crippen LogP contribution in [0.25, 0.3) is 76.5 Å². The lowest BCUT2D eigenvalue weighted by molar-refractivity contribution is 1.65. The minimum Gasteiger partial charge on any atom is -0.0622 e. The number of hydrogen-bond acceptors (Lipinski definition) is 0. The van der Waals surface area contributed by atoms with Gasteiger partial charge in [0.15, 0.2) is 0 Å². The van der Waals surface area contributed by atoms with Gasteiger partial charge in [0.2, 0.25) is 0 Å². The summed E-state index contributed by atoms with van der Waals surface area (Å²) in [5.74, 6) is 0. The summed E-state index contributed by atoms with van der Waals surface area (Å²) in [4.78, 5) is 0. The molecule has 0 bridgehead atoms. The molecule has 0 saturated carbocycles. The molecule has 0 aliphatic heterocycles. The predicted molar refractivity (Wildman–Crippen MR) is 173 cm³/mol. The minimum absolute atomic E-state index is 0.0981. The molecule has 0 spiro atoms. The molecule has 0 nitrogen and oxygen atoms in total. The van der Waals surface area contributed by atoms with Gasteiger partial charge in [-0.1, -0.05) is 151 Å². The number of rotatable bonds is 3. The molecule has 40 heavy (non-hydrogen) atoms. The third-order valence-electron chi connectivity index (χ3n) is 7.66. The van der Waals surface area contributed by atoms with E-state index >= 15 is 0 Å². The van der Waals surface area contributed by atoms with Crippen LogP contribution in [0.3, 0.4) is 0 Å². The number of hydrogen-bond donors (Lipinski definition) is 0. The molecule has 0 fully saturated rings. The summed E-state index contributed by atoms with van der Waals surface area (Å²) in [6.45, 7) is 0. The van der Waals surface area contributed by atoms with Crippen LogP contribution in [0, 0.1) is 0 Å². The Bertz CT molecular complexity index is 2690. The average molecular weight is 516 g/mol. The van der Waals surface area contributed by atoms with Crippen molar-refractivity contribution in [1.82, 2.24) is 0 Å². The highest BCUT2D eigenvalue weighted by atomic mass is 14.2. The quantitative estimate of drug-likeness (QED) is 0.205. The minimum atomic E-state index is -0.538. The second-order valence-electron chi connectivity index (χ2n) is 9.81. The second kappa shape index (κ2) is 9.22. The van der Waals surface area contributed by atoms with Crippen LogP contribution in [0.4, 0.5) is 0 Å². The van der Waals surface area contributed by atoms with Crippen molar-refractivity contribution in [2.24, 2.45) is 0 Å².